The molecule has 3 nitrogen and oxygen atoms in total. The summed E-state index contributed by atoms with van der Waals surface area (Å²) >= 11 is 7.19. The quantitative estimate of drug-likeness (QED) is 0.600. The number of hydrogen-bond donors (Lipinski definition) is 1. The molecule has 1 aromatic rings. The minimum Gasteiger partial charge on any atom is -0.360 e. The molecule has 0 aliphatic rings. The largest absolute Gasteiger partial charge is 0.360 e. The number of alkyl halides is 1. The number of aromatic nitrogens is 2. The SMILES string of the molecule is CC(CCl)CCCNc1nc(C(C)C)ns1. The average Bonchev–Trinajstić information content (AvgIpc) is 2.72. The first kappa shape index (κ1) is 13.7. The molecule has 0 bridgehead atoms. The van der Waals surface area contributed by atoms with Crippen molar-refractivity contribution in [3.63, 3.8) is 0 Å². The number of nitrogens with zero attached hydrogens (tertiary/aromatic N) is 2. The number of anilines is 1. The van der Waals surface area contributed by atoms with Gasteiger partial charge >= 0.3 is 0 Å². The molecule has 1 unspecified atom stereocenters. The van der Waals surface area contributed by atoms with E-state index in [1.807, 2.05) is 0 Å². The van der Waals surface area contributed by atoms with E-state index >= 15 is 0 Å². The van der Waals surface area contributed by atoms with E-state index in [-0.39, 0.29) is 0 Å². The lowest BCUT2D eigenvalue weighted by Gasteiger charge is -2.06. The summed E-state index contributed by atoms with van der Waals surface area (Å²) in [6, 6.07) is 0. The van der Waals surface area contributed by atoms with Gasteiger partial charge < -0.3 is 5.32 Å². The Morgan fingerprint density at radius 3 is 2.69 bits per heavy atom. The summed E-state index contributed by atoms with van der Waals surface area (Å²) in [6.07, 6.45) is 2.29. The lowest BCUT2D eigenvalue weighted by atomic mass is 10.1. The lowest BCUT2D eigenvalue weighted by molar-refractivity contribution is 0.572. The highest BCUT2D eigenvalue weighted by atomic mass is 35.5. The fourth-order valence-electron chi connectivity index (χ4n) is 1.26. The zero-order chi connectivity index (χ0) is 12.0. The van der Waals surface area contributed by atoms with Crippen LogP contribution in [-0.4, -0.2) is 21.8 Å². The van der Waals surface area contributed by atoms with E-state index in [2.05, 4.69) is 35.4 Å². The van der Waals surface area contributed by atoms with Gasteiger partial charge in [-0.15, -0.1) is 11.6 Å². The molecule has 0 saturated carbocycles. The molecule has 1 N–H and O–H groups in total. The van der Waals surface area contributed by atoms with Crippen molar-refractivity contribution < 1.29 is 0 Å². The van der Waals surface area contributed by atoms with Gasteiger partial charge in [-0.1, -0.05) is 20.8 Å². The zero-order valence-electron chi connectivity index (χ0n) is 10.2. The fraction of sp³-hybridized carbons (Fsp3) is 0.818. The zero-order valence-corrected chi connectivity index (χ0v) is 11.7. The minimum absolute atomic E-state index is 0.406. The van der Waals surface area contributed by atoms with E-state index in [1.165, 1.54) is 11.5 Å². The molecule has 5 heteroatoms. The van der Waals surface area contributed by atoms with Crippen LogP contribution in [-0.2, 0) is 0 Å². The van der Waals surface area contributed by atoms with Gasteiger partial charge in [0.1, 0.15) is 5.82 Å². The molecular weight excluding hydrogens is 242 g/mol. The van der Waals surface area contributed by atoms with E-state index < -0.39 is 0 Å². The van der Waals surface area contributed by atoms with Crippen LogP contribution < -0.4 is 5.32 Å². The van der Waals surface area contributed by atoms with Crippen molar-refractivity contribution in [2.24, 2.45) is 5.92 Å². The van der Waals surface area contributed by atoms with Crippen molar-refractivity contribution in [1.29, 1.82) is 0 Å². The first-order valence-corrected chi connectivity index (χ1v) is 7.07. The second kappa shape index (κ2) is 7.07. The Bertz CT molecular complexity index is 301. The number of hydrogen-bond acceptors (Lipinski definition) is 4. The van der Waals surface area contributed by atoms with Crippen LogP contribution in [0.5, 0.6) is 0 Å². The van der Waals surface area contributed by atoms with Gasteiger partial charge in [-0.3, -0.25) is 0 Å². The molecule has 0 aromatic carbocycles. The van der Waals surface area contributed by atoms with Crippen LogP contribution in [0.3, 0.4) is 0 Å². The molecule has 1 atom stereocenters. The molecule has 1 rings (SSSR count). The molecule has 0 fully saturated rings. The molecule has 0 aliphatic carbocycles. The topological polar surface area (TPSA) is 37.8 Å². The van der Waals surface area contributed by atoms with E-state index in [0.29, 0.717) is 11.8 Å². The summed E-state index contributed by atoms with van der Waals surface area (Å²) in [5.74, 6) is 2.69. The summed E-state index contributed by atoms with van der Waals surface area (Å²) in [4.78, 5) is 4.42. The van der Waals surface area contributed by atoms with Gasteiger partial charge in [0.15, 0.2) is 0 Å². The maximum Gasteiger partial charge on any atom is 0.202 e. The molecule has 0 saturated heterocycles. The molecule has 1 aromatic heterocycles. The summed E-state index contributed by atoms with van der Waals surface area (Å²) in [5, 5.41) is 4.23. The van der Waals surface area contributed by atoms with Gasteiger partial charge in [-0.2, -0.15) is 4.37 Å². The Morgan fingerprint density at radius 2 is 2.12 bits per heavy atom. The normalized spacial score (nSPS) is 13.1. The highest BCUT2D eigenvalue weighted by Gasteiger charge is 2.07. The summed E-state index contributed by atoms with van der Waals surface area (Å²) in [5.41, 5.74) is 0. The highest BCUT2D eigenvalue weighted by Crippen LogP contribution is 2.17. The van der Waals surface area contributed by atoms with Gasteiger partial charge in [-0.25, -0.2) is 4.98 Å². The van der Waals surface area contributed by atoms with Crippen molar-refractivity contribution in [2.75, 3.05) is 17.7 Å². The fourth-order valence-corrected chi connectivity index (χ4v) is 2.15. The Hall–Kier alpha value is -0.350. The van der Waals surface area contributed by atoms with Crippen LogP contribution in [0.1, 0.15) is 45.4 Å². The third-order valence-electron chi connectivity index (χ3n) is 2.37. The van der Waals surface area contributed by atoms with Crippen LogP contribution in [0, 0.1) is 5.92 Å². The minimum atomic E-state index is 0.406. The maximum absolute atomic E-state index is 5.75. The Morgan fingerprint density at radius 1 is 1.38 bits per heavy atom. The molecule has 0 radical (unpaired) electrons. The van der Waals surface area contributed by atoms with Crippen LogP contribution in [0.15, 0.2) is 0 Å². The second-order valence-corrected chi connectivity index (χ2v) is 5.50. The van der Waals surface area contributed by atoms with Gasteiger partial charge in [0, 0.05) is 29.9 Å². The molecule has 0 amide bonds. The average molecular weight is 262 g/mol. The number of halogens is 1. The predicted octanol–water partition coefficient (Wildman–Crippen LogP) is 3.73. The summed E-state index contributed by atoms with van der Waals surface area (Å²) < 4.78 is 4.29. The van der Waals surface area contributed by atoms with Crippen molar-refractivity contribution in [1.82, 2.24) is 9.36 Å². The maximum atomic E-state index is 5.75. The third-order valence-corrected chi connectivity index (χ3v) is 3.59. The van der Waals surface area contributed by atoms with Crippen LogP contribution >= 0.6 is 23.1 Å². The van der Waals surface area contributed by atoms with E-state index in [1.54, 1.807) is 0 Å². The third kappa shape index (κ3) is 4.66. The van der Waals surface area contributed by atoms with Crippen molar-refractivity contribution in [2.45, 2.75) is 39.5 Å². The number of nitrogens with one attached hydrogen (secondary N) is 1. The first-order valence-electron chi connectivity index (χ1n) is 5.77. The number of rotatable bonds is 7. The predicted molar refractivity (Wildman–Crippen MR) is 71.6 cm³/mol. The van der Waals surface area contributed by atoms with Crippen molar-refractivity contribution in [3.05, 3.63) is 5.82 Å². The van der Waals surface area contributed by atoms with Crippen LogP contribution in [0.25, 0.3) is 0 Å². The molecule has 1 heterocycles. The lowest BCUT2D eigenvalue weighted by Crippen LogP contribution is -2.05. The van der Waals surface area contributed by atoms with Crippen LogP contribution in [0.2, 0.25) is 0 Å². The standard InChI is InChI=1S/C11H20ClN3S/c1-8(2)10-14-11(16-15-10)13-6-4-5-9(3)7-12/h8-9H,4-7H2,1-3H3,(H,13,14,15). The monoisotopic (exact) mass is 261 g/mol. The summed E-state index contributed by atoms with van der Waals surface area (Å²) in [7, 11) is 0. The van der Waals surface area contributed by atoms with Gasteiger partial charge in [0.05, 0.1) is 0 Å². The highest BCUT2D eigenvalue weighted by molar-refractivity contribution is 7.09. The molecular formula is C11H20ClN3S. The van der Waals surface area contributed by atoms with Crippen LogP contribution in [0.4, 0.5) is 5.13 Å². The Labute approximate surface area is 107 Å². The smallest absolute Gasteiger partial charge is 0.202 e. The molecule has 0 spiro atoms. The Balaban J connectivity index is 2.21. The van der Waals surface area contributed by atoms with E-state index in [4.69, 9.17) is 11.6 Å². The van der Waals surface area contributed by atoms with Gasteiger partial charge in [0.2, 0.25) is 5.13 Å². The van der Waals surface area contributed by atoms with E-state index in [9.17, 15) is 0 Å². The first-order chi connectivity index (χ1) is 7.63. The Kier molecular flexibility index (Phi) is 6.06. The molecule has 92 valence electrons. The van der Waals surface area contributed by atoms with Gasteiger partial charge in [-0.05, 0) is 18.8 Å². The summed E-state index contributed by atoms with van der Waals surface area (Å²) in [6.45, 7) is 7.34. The van der Waals surface area contributed by atoms with E-state index in [0.717, 1.165) is 36.2 Å². The van der Waals surface area contributed by atoms with Crippen molar-refractivity contribution >= 4 is 28.3 Å². The van der Waals surface area contributed by atoms with Gasteiger partial charge in [0.25, 0.3) is 0 Å². The van der Waals surface area contributed by atoms with Crippen molar-refractivity contribution in [3.8, 4) is 0 Å². The molecule has 0 aliphatic heterocycles. The molecule has 16 heavy (non-hydrogen) atoms. The second-order valence-electron chi connectivity index (χ2n) is 4.44.